The van der Waals surface area contributed by atoms with Gasteiger partial charge in [0.15, 0.2) is 15.6 Å². The maximum atomic E-state index is 15.3. The fraction of sp³-hybridized carbons (Fsp3) is 0.464. The first-order valence-corrected chi connectivity index (χ1v) is 15.0. The molecule has 8 nitrogen and oxygen atoms in total. The average Bonchev–Trinajstić information content (AvgIpc) is 3.16. The molecule has 0 unspecified atom stereocenters. The summed E-state index contributed by atoms with van der Waals surface area (Å²) in [6.45, 7) is 4.57. The van der Waals surface area contributed by atoms with E-state index >= 15 is 4.39 Å². The number of amides is 2. The molecule has 2 aromatic rings. The standard InChI is InChI=1S/C28H30ClF3N2O6S/c1-27(2,3)40-26(37)33-21-15-41(38,39)24-12-20(30)19(23(35)10-17-8-9-28(31,32)13-17)11-22(24)34(25(21)36)14-16-4-6-18(29)7-5-16/h4-7,11-12,17,21H,8-10,13-15H2,1-3H3,(H,33,37)/t17-,21+/m1/s1. The Morgan fingerprint density at radius 1 is 1.17 bits per heavy atom. The maximum Gasteiger partial charge on any atom is 0.408 e. The number of halogens is 4. The average molecular weight is 615 g/mol. The molecule has 1 N–H and O–H groups in total. The SMILES string of the molecule is CC(C)(C)OC(=O)N[C@H]1CS(=O)(=O)c2cc(F)c(C(=O)C[C@H]3CCC(F)(F)C3)cc2N(Cc2ccc(Cl)cc2)C1=O. The van der Waals surface area contributed by atoms with E-state index in [1.165, 1.54) is 0 Å². The van der Waals surface area contributed by atoms with Gasteiger partial charge in [-0.3, -0.25) is 9.59 Å². The number of benzene rings is 2. The van der Waals surface area contributed by atoms with Crippen LogP contribution in [-0.4, -0.2) is 49.5 Å². The molecule has 1 fully saturated rings. The zero-order chi connectivity index (χ0) is 30.3. The lowest BCUT2D eigenvalue weighted by Crippen LogP contribution is -2.51. The Bertz CT molecular complexity index is 1470. The summed E-state index contributed by atoms with van der Waals surface area (Å²) in [5.41, 5.74) is -1.19. The van der Waals surface area contributed by atoms with E-state index in [9.17, 15) is 31.6 Å². The second-order valence-electron chi connectivity index (χ2n) is 11.4. The van der Waals surface area contributed by atoms with Gasteiger partial charge in [-0.25, -0.2) is 26.4 Å². The predicted octanol–water partition coefficient (Wildman–Crippen LogP) is 5.70. The molecule has 0 saturated heterocycles. The van der Waals surface area contributed by atoms with Gasteiger partial charge in [0.1, 0.15) is 17.5 Å². The second kappa shape index (κ2) is 11.3. The van der Waals surface area contributed by atoms with E-state index in [0.717, 1.165) is 11.0 Å². The molecular formula is C28H30ClF3N2O6S. The number of Topliss-reactive ketones (excluding diaryl/α,β-unsaturated/α-hetero) is 1. The Labute approximate surface area is 241 Å². The number of anilines is 1. The first-order chi connectivity index (χ1) is 18.9. The Morgan fingerprint density at radius 2 is 1.83 bits per heavy atom. The van der Waals surface area contributed by atoms with Crippen LogP contribution in [0.25, 0.3) is 0 Å². The number of ether oxygens (including phenoxy) is 1. The number of ketones is 1. The van der Waals surface area contributed by atoms with Gasteiger partial charge in [-0.05, 0) is 62.9 Å². The lowest BCUT2D eigenvalue weighted by Gasteiger charge is -2.27. The van der Waals surface area contributed by atoms with Crippen molar-refractivity contribution in [1.29, 1.82) is 0 Å². The van der Waals surface area contributed by atoms with Crippen LogP contribution in [0.4, 0.5) is 23.7 Å². The van der Waals surface area contributed by atoms with Crippen LogP contribution in [0.2, 0.25) is 5.02 Å². The Kier molecular flexibility index (Phi) is 8.48. The van der Waals surface area contributed by atoms with Crippen LogP contribution in [0.5, 0.6) is 0 Å². The molecule has 41 heavy (non-hydrogen) atoms. The molecule has 1 aliphatic carbocycles. The van der Waals surface area contributed by atoms with Crippen molar-refractivity contribution < 1.29 is 40.7 Å². The predicted molar refractivity (Wildman–Crippen MR) is 145 cm³/mol. The van der Waals surface area contributed by atoms with Crippen LogP contribution >= 0.6 is 11.6 Å². The van der Waals surface area contributed by atoms with Crippen molar-refractivity contribution in [3.63, 3.8) is 0 Å². The number of nitrogens with one attached hydrogen (secondary N) is 1. The Balaban J connectivity index is 1.76. The molecule has 1 heterocycles. The van der Waals surface area contributed by atoms with E-state index in [4.69, 9.17) is 16.3 Å². The fourth-order valence-electron chi connectivity index (χ4n) is 4.98. The summed E-state index contributed by atoms with van der Waals surface area (Å²) >= 11 is 5.97. The molecule has 1 saturated carbocycles. The minimum atomic E-state index is -4.39. The number of hydrogen-bond acceptors (Lipinski definition) is 6. The maximum absolute atomic E-state index is 15.3. The third-order valence-corrected chi connectivity index (χ3v) is 8.87. The van der Waals surface area contributed by atoms with Crippen molar-refractivity contribution in [3.8, 4) is 0 Å². The molecule has 2 aliphatic rings. The van der Waals surface area contributed by atoms with Gasteiger partial charge in [-0.1, -0.05) is 23.7 Å². The Morgan fingerprint density at radius 3 is 2.41 bits per heavy atom. The number of sulfone groups is 1. The topological polar surface area (TPSA) is 110 Å². The lowest BCUT2D eigenvalue weighted by atomic mass is 9.96. The van der Waals surface area contributed by atoms with Crippen LogP contribution in [0.1, 0.15) is 62.4 Å². The van der Waals surface area contributed by atoms with Crippen molar-refractivity contribution >= 4 is 44.9 Å². The van der Waals surface area contributed by atoms with Gasteiger partial charge in [0.05, 0.1) is 28.4 Å². The summed E-state index contributed by atoms with van der Waals surface area (Å²) in [6, 6.07) is 6.36. The van der Waals surface area contributed by atoms with Crippen LogP contribution in [0.15, 0.2) is 41.3 Å². The molecule has 0 radical (unpaired) electrons. The quantitative estimate of drug-likeness (QED) is 0.418. The minimum absolute atomic E-state index is 0.0961. The van der Waals surface area contributed by atoms with Crippen molar-refractivity contribution in [2.75, 3.05) is 10.7 Å². The highest BCUT2D eigenvalue weighted by atomic mass is 35.5. The first kappa shape index (κ1) is 30.8. The molecule has 1 aliphatic heterocycles. The normalized spacial score (nSPS) is 21.6. The number of hydrogen-bond donors (Lipinski definition) is 1. The van der Waals surface area contributed by atoms with E-state index in [1.807, 2.05) is 0 Å². The van der Waals surface area contributed by atoms with E-state index in [-0.39, 0.29) is 31.5 Å². The van der Waals surface area contributed by atoms with Crippen LogP contribution in [-0.2, 0) is 25.9 Å². The monoisotopic (exact) mass is 614 g/mol. The van der Waals surface area contributed by atoms with Gasteiger partial charge in [0.25, 0.3) is 5.91 Å². The third-order valence-electron chi connectivity index (χ3n) is 6.85. The zero-order valence-electron chi connectivity index (χ0n) is 22.7. The van der Waals surface area contributed by atoms with Gasteiger partial charge in [-0.2, -0.15) is 0 Å². The van der Waals surface area contributed by atoms with Gasteiger partial charge in [-0.15, -0.1) is 0 Å². The third kappa shape index (κ3) is 7.40. The number of nitrogens with zero attached hydrogens (tertiary/aromatic N) is 1. The molecule has 0 bridgehead atoms. The molecule has 0 aromatic heterocycles. The largest absolute Gasteiger partial charge is 0.444 e. The van der Waals surface area contributed by atoms with Crippen molar-refractivity contribution in [2.24, 2.45) is 5.92 Å². The molecule has 2 amide bonds. The number of alkyl halides is 2. The minimum Gasteiger partial charge on any atom is -0.444 e. The zero-order valence-corrected chi connectivity index (χ0v) is 24.3. The van der Waals surface area contributed by atoms with Crippen molar-refractivity contribution in [2.45, 2.75) is 75.5 Å². The number of rotatable bonds is 6. The molecule has 4 rings (SSSR count). The van der Waals surface area contributed by atoms with E-state index in [0.29, 0.717) is 16.7 Å². The van der Waals surface area contributed by atoms with Gasteiger partial charge in [0.2, 0.25) is 5.92 Å². The second-order valence-corrected chi connectivity index (χ2v) is 13.9. The number of alkyl carbamates (subject to hydrolysis) is 1. The van der Waals surface area contributed by atoms with E-state index < -0.39 is 79.6 Å². The van der Waals surface area contributed by atoms with Crippen molar-refractivity contribution in [1.82, 2.24) is 5.32 Å². The summed E-state index contributed by atoms with van der Waals surface area (Å²) in [4.78, 5) is 39.9. The fourth-order valence-corrected chi connectivity index (χ4v) is 6.72. The van der Waals surface area contributed by atoms with Gasteiger partial charge >= 0.3 is 6.09 Å². The first-order valence-electron chi connectivity index (χ1n) is 13.0. The van der Waals surface area contributed by atoms with Crippen molar-refractivity contribution in [3.05, 3.63) is 58.4 Å². The molecule has 13 heteroatoms. The Hall–Kier alpha value is -3.12. The van der Waals surface area contributed by atoms with Crippen LogP contribution < -0.4 is 10.2 Å². The summed E-state index contributed by atoms with van der Waals surface area (Å²) in [7, 11) is -4.39. The molecule has 2 aromatic carbocycles. The molecule has 0 spiro atoms. The van der Waals surface area contributed by atoms with Crippen LogP contribution in [0.3, 0.4) is 0 Å². The summed E-state index contributed by atoms with van der Waals surface area (Å²) < 4.78 is 74.7. The number of carbonyl (C=O) groups is 3. The van der Waals surface area contributed by atoms with E-state index in [1.54, 1.807) is 45.0 Å². The van der Waals surface area contributed by atoms with Gasteiger partial charge < -0.3 is 15.0 Å². The van der Waals surface area contributed by atoms with Gasteiger partial charge in [0, 0.05) is 24.3 Å². The highest BCUT2D eigenvalue weighted by Gasteiger charge is 2.42. The highest BCUT2D eigenvalue weighted by molar-refractivity contribution is 7.91. The number of fused-ring (bicyclic) bond motifs is 1. The smallest absolute Gasteiger partial charge is 0.408 e. The summed E-state index contributed by atoms with van der Waals surface area (Å²) in [6.07, 6.45) is -2.16. The number of carbonyl (C=O) groups excluding carboxylic acids is 3. The summed E-state index contributed by atoms with van der Waals surface area (Å²) in [5, 5.41) is 2.72. The summed E-state index contributed by atoms with van der Waals surface area (Å²) in [5.74, 6) is -7.22. The van der Waals surface area contributed by atoms with E-state index in [2.05, 4.69) is 5.32 Å². The highest BCUT2D eigenvalue weighted by Crippen LogP contribution is 2.41. The lowest BCUT2D eigenvalue weighted by molar-refractivity contribution is -0.120. The van der Waals surface area contributed by atoms with Crippen LogP contribution in [0, 0.1) is 11.7 Å². The molecule has 222 valence electrons. The molecular weight excluding hydrogens is 585 g/mol. The molecule has 2 atom stereocenters.